The van der Waals surface area contributed by atoms with E-state index in [1.54, 1.807) is 30.2 Å². The van der Waals surface area contributed by atoms with Gasteiger partial charge in [-0.1, -0.05) is 11.6 Å². The lowest BCUT2D eigenvalue weighted by atomic mass is 10.2. The van der Waals surface area contributed by atoms with E-state index in [9.17, 15) is 0 Å². The smallest absolute Gasteiger partial charge is 0.229 e. The molecule has 0 amide bonds. The molecule has 1 aromatic heterocycles. The molecule has 0 spiro atoms. The van der Waals surface area contributed by atoms with Crippen LogP contribution in [0.15, 0.2) is 18.2 Å². The van der Waals surface area contributed by atoms with Crippen LogP contribution in [0.1, 0.15) is 0 Å². The first kappa shape index (κ1) is 13.8. The Kier molecular flexibility index (Phi) is 4.07. The summed E-state index contributed by atoms with van der Waals surface area (Å²) in [4.78, 5) is 14.2. The number of anilines is 1. The predicted molar refractivity (Wildman–Crippen MR) is 76.2 cm³/mol. The molecule has 0 radical (unpaired) electrons. The van der Waals surface area contributed by atoms with E-state index in [4.69, 9.17) is 27.9 Å². The van der Waals surface area contributed by atoms with Crippen molar-refractivity contribution in [1.29, 1.82) is 0 Å². The van der Waals surface area contributed by atoms with Gasteiger partial charge in [-0.3, -0.25) is 0 Å². The fraction of sp³-hybridized carbons (Fsp3) is 0.250. The maximum Gasteiger partial charge on any atom is 0.229 e. The molecule has 0 saturated carbocycles. The Balaban J connectivity index is 2.52. The van der Waals surface area contributed by atoms with Gasteiger partial charge in [0.15, 0.2) is 5.82 Å². The Morgan fingerprint density at radius 2 is 1.84 bits per heavy atom. The third-order valence-corrected chi connectivity index (χ3v) is 2.89. The minimum atomic E-state index is 0.141. The summed E-state index contributed by atoms with van der Waals surface area (Å²) < 4.78 is 5.17. The maximum absolute atomic E-state index is 5.98. The van der Waals surface area contributed by atoms with Crippen molar-refractivity contribution in [2.45, 2.75) is 0 Å². The van der Waals surface area contributed by atoms with Crippen LogP contribution < -0.4 is 9.64 Å². The third-order valence-electron chi connectivity index (χ3n) is 2.41. The summed E-state index contributed by atoms with van der Waals surface area (Å²) >= 11 is 11.9. The molecule has 100 valence electrons. The van der Waals surface area contributed by atoms with Gasteiger partial charge < -0.3 is 9.64 Å². The molecular weight excluding hydrogens is 287 g/mol. The van der Waals surface area contributed by atoms with Crippen LogP contribution >= 0.6 is 23.2 Å². The summed E-state index contributed by atoms with van der Waals surface area (Å²) in [5.41, 5.74) is 0.758. The average molecular weight is 299 g/mol. The highest BCUT2D eigenvalue weighted by molar-refractivity contribution is 6.32. The Bertz CT molecular complexity index is 604. The molecule has 2 rings (SSSR count). The van der Waals surface area contributed by atoms with Gasteiger partial charge in [-0.05, 0) is 29.8 Å². The van der Waals surface area contributed by atoms with Crippen molar-refractivity contribution in [3.63, 3.8) is 0 Å². The van der Waals surface area contributed by atoms with Gasteiger partial charge in [0.25, 0.3) is 0 Å². The van der Waals surface area contributed by atoms with Crippen LogP contribution in [0, 0.1) is 0 Å². The van der Waals surface area contributed by atoms with E-state index in [-0.39, 0.29) is 5.28 Å². The highest BCUT2D eigenvalue weighted by Gasteiger charge is 2.11. The lowest BCUT2D eigenvalue weighted by molar-refractivity contribution is 0.415. The van der Waals surface area contributed by atoms with Crippen molar-refractivity contribution in [3.8, 4) is 17.1 Å². The van der Waals surface area contributed by atoms with E-state index in [0.29, 0.717) is 22.5 Å². The number of hydrogen-bond donors (Lipinski definition) is 0. The number of ether oxygens (including phenoxy) is 1. The van der Waals surface area contributed by atoms with Gasteiger partial charge in [0, 0.05) is 19.7 Å². The van der Waals surface area contributed by atoms with Crippen LogP contribution in [0.4, 0.5) is 5.95 Å². The molecule has 0 atom stereocenters. The number of aromatic nitrogens is 3. The summed E-state index contributed by atoms with van der Waals surface area (Å²) in [5, 5.41) is 0.668. The molecule has 1 aromatic carbocycles. The van der Waals surface area contributed by atoms with Gasteiger partial charge in [-0.15, -0.1) is 0 Å². The van der Waals surface area contributed by atoms with Crippen LogP contribution in [-0.2, 0) is 0 Å². The molecule has 0 N–H and O–H groups in total. The lowest BCUT2D eigenvalue weighted by Crippen LogP contribution is -2.13. The molecule has 0 fully saturated rings. The van der Waals surface area contributed by atoms with Crippen molar-refractivity contribution < 1.29 is 4.74 Å². The van der Waals surface area contributed by atoms with Crippen molar-refractivity contribution in [1.82, 2.24) is 15.0 Å². The number of hydrogen-bond acceptors (Lipinski definition) is 5. The van der Waals surface area contributed by atoms with Crippen LogP contribution in [-0.4, -0.2) is 36.2 Å². The van der Waals surface area contributed by atoms with E-state index in [2.05, 4.69) is 15.0 Å². The van der Waals surface area contributed by atoms with Crippen LogP contribution in [0.2, 0.25) is 10.3 Å². The van der Waals surface area contributed by atoms with Gasteiger partial charge in [-0.2, -0.15) is 15.0 Å². The molecule has 0 bridgehead atoms. The van der Waals surface area contributed by atoms with E-state index >= 15 is 0 Å². The number of methoxy groups -OCH3 is 1. The van der Waals surface area contributed by atoms with Crippen LogP contribution in [0.5, 0.6) is 5.75 Å². The summed E-state index contributed by atoms with van der Waals surface area (Å²) in [6, 6.07) is 5.28. The Hall–Kier alpha value is -1.59. The molecule has 5 nitrogen and oxygen atoms in total. The van der Waals surface area contributed by atoms with Crippen molar-refractivity contribution in [2.75, 3.05) is 26.1 Å². The van der Waals surface area contributed by atoms with Gasteiger partial charge in [-0.25, -0.2) is 0 Å². The normalized spacial score (nSPS) is 10.4. The fourth-order valence-corrected chi connectivity index (χ4v) is 1.82. The van der Waals surface area contributed by atoms with Gasteiger partial charge in [0.1, 0.15) is 5.75 Å². The maximum atomic E-state index is 5.98. The monoisotopic (exact) mass is 298 g/mol. The van der Waals surface area contributed by atoms with E-state index < -0.39 is 0 Å². The second kappa shape index (κ2) is 5.59. The topological polar surface area (TPSA) is 51.1 Å². The molecular formula is C12H12Cl2N4O. The molecule has 2 aromatic rings. The molecule has 1 heterocycles. The van der Waals surface area contributed by atoms with Crippen molar-refractivity contribution in [2.24, 2.45) is 0 Å². The summed E-state index contributed by atoms with van der Waals surface area (Å²) in [5.74, 6) is 1.52. The first-order valence-electron chi connectivity index (χ1n) is 5.44. The SMILES string of the molecule is COc1cc(-c2nc(Cl)nc(N(C)C)n2)ccc1Cl. The zero-order valence-corrected chi connectivity index (χ0v) is 12.2. The van der Waals surface area contributed by atoms with Crippen molar-refractivity contribution >= 4 is 29.2 Å². The van der Waals surface area contributed by atoms with Gasteiger partial charge >= 0.3 is 0 Å². The first-order valence-corrected chi connectivity index (χ1v) is 6.19. The number of halogens is 2. The minimum Gasteiger partial charge on any atom is -0.495 e. The Morgan fingerprint density at radius 1 is 1.11 bits per heavy atom. The highest BCUT2D eigenvalue weighted by Crippen LogP contribution is 2.29. The van der Waals surface area contributed by atoms with E-state index in [1.165, 1.54) is 0 Å². The number of rotatable bonds is 3. The summed E-state index contributed by atoms with van der Waals surface area (Å²) in [6.45, 7) is 0. The second-order valence-electron chi connectivity index (χ2n) is 3.97. The Morgan fingerprint density at radius 3 is 2.47 bits per heavy atom. The molecule has 0 aliphatic heterocycles. The number of nitrogens with zero attached hydrogens (tertiary/aromatic N) is 4. The quantitative estimate of drug-likeness (QED) is 0.872. The lowest BCUT2D eigenvalue weighted by Gasteiger charge is -2.11. The first-order chi connectivity index (χ1) is 9.01. The van der Waals surface area contributed by atoms with Gasteiger partial charge in [0.05, 0.1) is 12.1 Å². The van der Waals surface area contributed by atoms with Crippen LogP contribution in [0.3, 0.4) is 0 Å². The molecule has 0 unspecified atom stereocenters. The molecule has 0 aliphatic carbocycles. The Labute approximate surface area is 121 Å². The standard InChI is InChI=1S/C12H12Cl2N4O/c1-18(2)12-16-10(15-11(14)17-12)7-4-5-8(13)9(6-7)19-3/h4-6H,1-3H3. The van der Waals surface area contributed by atoms with E-state index in [1.807, 2.05) is 14.1 Å². The minimum absolute atomic E-state index is 0.141. The summed E-state index contributed by atoms with van der Waals surface area (Å²) in [7, 11) is 5.21. The molecule has 0 aliphatic rings. The van der Waals surface area contributed by atoms with Crippen LogP contribution in [0.25, 0.3) is 11.4 Å². The predicted octanol–water partition coefficient (Wildman–Crippen LogP) is 2.92. The fourth-order valence-electron chi connectivity index (χ4n) is 1.47. The highest BCUT2D eigenvalue weighted by atomic mass is 35.5. The average Bonchev–Trinajstić information content (AvgIpc) is 2.38. The summed E-state index contributed by atoms with van der Waals surface area (Å²) in [6.07, 6.45) is 0. The zero-order chi connectivity index (χ0) is 14.0. The largest absolute Gasteiger partial charge is 0.495 e. The molecule has 7 heteroatoms. The molecule has 0 saturated heterocycles. The second-order valence-corrected chi connectivity index (χ2v) is 4.72. The number of benzene rings is 1. The third kappa shape index (κ3) is 3.05. The zero-order valence-electron chi connectivity index (χ0n) is 10.7. The van der Waals surface area contributed by atoms with Crippen molar-refractivity contribution in [3.05, 3.63) is 28.5 Å². The van der Waals surface area contributed by atoms with Gasteiger partial charge in [0.2, 0.25) is 11.2 Å². The van der Waals surface area contributed by atoms with E-state index in [0.717, 1.165) is 5.56 Å². The molecule has 19 heavy (non-hydrogen) atoms.